The molecule has 0 unspecified atom stereocenters. The number of carboxylic acids is 1. The van der Waals surface area contributed by atoms with Crippen molar-refractivity contribution in [2.75, 3.05) is 0 Å². The van der Waals surface area contributed by atoms with Crippen LogP contribution in [0.3, 0.4) is 0 Å². The van der Waals surface area contributed by atoms with E-state index >= 15 is 0 Å². The molecule has 2 aromatic rings. The average Bonchev–Trinajstić information content (AvgIpc) is 2.78. The predicted octanol–water partition coefficient (Wildman–Crippen LogP) is 7.26. The zero-order valence-corrected chi connectivity index (χ0v) is 18.1. The van der Waals surface area contributed by atoms with Crippen LogP contribution in [0.4, 0.5) is 0 Å². The number of rotatable bonds is 10. The van der Waals surface area contributed by atoms with Crippen LogP contribution in [0.25, 0.3) is 11.1 Å². The summed E-state index contributed by atoms with van der Waals surface area (Å²) in [6.07, 6.45) is 10.8. The number of carbonyl (C=O) groups excluding carboxylic acids is 1. The van der Waals surface area contributed by atoms with Gasteiger partial charge in [0.1, 0.15) is 0 Å². The molecule has 1 fully saturated rings. The number of benzene rings is 2. The van der Waals surface area contributed by atoms with Gasteiger partial charge in [0.15, 0.2) is 5.78 Å². The van der Waals surface area contributed by atoms with E-state index < -0.39 is 5.97 Å². The van der Waals surface area contributed by atoms with Gasteiger partial charge in [0.25, 0.3) is 0 Å². The first-order valence-corrected chi connectivity index (χ1v) is 11.5. The van der Waals surface area contributed by atoms with E-state index in [1.165, 1.54) is 56.9 Å². The minimum atomic E-state index is -0.940. The van der Waals surface area contributed by atoms with Crippen molar-refractivity contribution in [2.45, 2.75) is 77.0 Å². The highest BCUT2D eigenvalue weighted by atomic mass is 16.4. The third kappa shape index (κ3) is 6.29. The van der Waals surface area contributed by atoms with Crippen LogP contribution in [0.2, 0.25) is 0 Å². The van der Waals surface area contributed by atoms with Gasteiger partial charge in [0.2, 0.25) is 0 Å². The first-order chi connectivity index (χ1) is 14.6. The van der Waals surface area contributed by atoms with Gasteiger partial charge in [-0.2, -0.15) is 0 Å². The van der Waals surface area contributed by atoms with Crippen molar-refractivity contribution < 1.29 is 14.7 Å². The van der Waals surface area contributed by atoms with Crippen LogP contribution in [0.15, 0.2) is 48.5 Å². The second-order valence-corrected chi connectivity index (χ2v) is 8.73. The Bertz CT molecular complexity index is 812. The Morgan fingerprint density at radius 3 is 2.00 bits per heavy atom. The van der Waals surface area contributed by atoms with E-state index in [2.05, 4.69) is 31.2 Å². The van der Waals surface area contributed by atoms with Crippen molar-refractivity contribution in [1.29, 1.82) is 0 Å². The smallest absolute Gasteiger partial charge is 0.303 e. The number of hydrogen-bond acceptors (Lipinski definition) is 2. The lowest BCUT2D eigenvalue weighted by atomic mass is 9.77. The van der Waals surface area contributed by atoms with Crippen molar-refractivity contribution in [3.05, 3.63) is 59.7 Å². The number of unbranched alkanes of at least 4 members (excludes halogenated alkanes) is 2. The Morgan fingerprint density at radius 2 is 1.43 bits per heavy atom. The number of hydrogen-bond donors (Lipinski definition) is 1. The molecule has 0 bridgehead atoms. The molecule has 3 nitrogen and oxygen atoms in total. The van der Waals surface area contributed by atoms with Crippen LogP contribution in [0.1, 0.15) is 93.0 Å². The van der Waals surface area contributed by atoms with E-state index in [4.69, 9.17) is 5.11 Å². The fourth-order valence-corrected chi connectivity index (χ4v) is 4.63. The molecule has 160 valence electrons. The standard InChI is InChI=1S/C27H34O3/c1-2-3-4-5-20-6-8-21(9-7-20)22-10-12-23(13-11-22)24-14-16-25(17-15-24)26(28)18-19-27(29)30/h10-17,20-21H,2-9,18-19H2,1H3,(H,29,30)/t20-,21-. The second-order valence-electron chi connectivity index (χ2n) is 8.73. The Kier molecular flexibility index (Phi) is 8.24. The largest absolute Gasteiger partial charge is 0.481 e. The molecule has 1 N–H and O–H groups in total. The monoisotopic (exact) mass is 406 g/mol. The van der Waals surface area contributed by atoms with Crippen molar-refractivity contribution in [3.63, 3.8) is 0 Å². The fraction of sp³-hybridized carbons (Fsp3) is 0.481. The Labute approximate surface area is 180 Å². The van der Waals surface area contributed by atoms with Crippen LogP contribution >= 0.6 is 0 Å². The molecule has 1 aliphatic rings. The second kappa shape index (κ2) is 11.1. The number of carboxylic acid groups (broad SMARTS) is 1. The minimum Gasteiger partial charge on any atom is -0.481 e. The maximum atomic E-state index is 12.0. The van der Waals surface area contributed by atoms with E-state index in [-0.39, 0.29) is 18.6 Å². The number of Topliss-reactive ketones (excluding diaryl/α,β-unsaturated/α-hetero) is 1. The highest BCUT2D eigenvalue weighted by molar-refractivity contribution is 5.97. The fourth-order valence-electron chi connectivity index (χ4n) is 4.63. The summed E-state index contributed by atoms with van der Waals surface area (Å²) in [7, 11) is 0. The van der Waals surface area contributed by atoms with Crippen molar-refractivity contribution in [3.8, 4) is 11.1 Å². The Balaban J connectivity index is 1.54. The molecule has 1 aliphatic carbocycles. The summed E-state index contributed by atoms with van der Waals surface area (Å²) < 4.78 is 0. The van der Waals surface area contributed by atoms with Crippen molar-refractivity contribution in [1.82, 2.24) is 0 Å². The maximum Gasteiger partial charge on any atom is 0.303 e. The quantitative estimate of drug-likeness (QED) is 0.334. The Morgan fingerprint density at radius 1 is 0.833 bits per heavy atom. The first-order valence-electron chi connectivity index (χ1n) is 11.5. The van der Waals surface area contributed by atoms with E-state index in [0.29, 0.717) is 11.5 Å². The van der Waals surface area contributed by atoms with Gasteiger partial charge in [-0.1, -0.05) is 81.1 Å². The molecule has 3 rings (SSSR count). The molecule has 30 heavy (non-hydrogen) atoms. The molecule has 0 aliphatic heterocycles. The van der Waals surface area contributed by atoms with Crippen molar-refractivity contribution >= 4 is 11.8 Å². The highest BCUT2D eigenvalue weighted by Crippen LogP contribution is 2.38. The molecule has 0 radical (unpaired) electrons. The van der Waals surface area contributed by atoms with Gasteiger partial charge in [0.05, 0.1) is 6.42 Å². The predicted molar refractivity (Wildman–Crippen MR) is 122 cm³/mol. The molecule has 0 amide bonds. The summed E-state index contributed by atoms with van der Waals surface area (Å²) in [5, 5.41) is 8.72. The summed E-state index contributed by atoms with van der Waals surface area (Å²) in [4.78, 5) is 22.7. The van der Waals surface area contributed by atoms with Gasteiger partial charge in [-0.25, -0.2) is 0 Å². The van der Waals surface area contributed by atoms with Crippen LogP contribution in [-0.2, 0) is 4.79 Å². The summed E-state index contributed by atoms with van der Waals surface area (Å²) in [6, 6.07) is 16.4. The number of ketones is 1. The van der Waals surface area contributed by atoms with Gasteiger partial charge >= 0.3 is 5.97 Å². The molecule has 0 atom stereocenters. The summed E-state index contributed by atoms with van der Waals surface area (Å²) in [6.45, 7) is 2.27. The lowest BCUT2D eigenvalue weighted by Gasteiger charge is -2.29. The SMILES string of the molecule is CCCCC[C@H]1CC[C@H](c2ccc(-c3ccc(C(=O)CCC(=O)O)cc3)cc2)CC1. The normalized spacial score (nSPS) is 18.8. The van der Waals surface area contributed by atoms with Crippen LogP contribution in [-0.4, -0.2) is 16.9 Å². The average molecular weight is 407 g/mol. The minimum absolute atomic E-state index is 0.0459. The zero-order valence-electron chi connectivity index (χ0n) is 18.1. The van der Waals surface area contributed by atoms with Crippen LogP contribution in [0, 0.1) is 5.92 Å². The van der Waals surface area contributed by atoms with Gasteiger partial charge in [0, 0.05) is 12.0 Å². The highest BCUT2D eigenvalue weighted by Gasteiger charge is 2.22. The van der Waals surface area contributed by atoms with E-state index in [0.717, 1.165) is 17.0 Å². The van der Waals surface area contributed by atoms with E-state index in [1.54, 1.807) is 12.1 Å². The molecular weight excluding hydrogens is 372 g/mol. The molecule has 0 heterocycles. The zero-order chi connectivity index (χ0) is 21.3. The van der Waals surface area contributed by atoms with Gasteiger partial charge in [-0.3, -0.25) is 9.59 Å². The van der Waals surface area contributed by atoms with Crippen molar-refractivity contribution in [2.24, 2.45) is 5.92 Å². The van der Waals surface area contributed by atoms with Crippen LogP contribution < -0.4 is 0 Å². The molecule has 0 spiro atoms. The van der Waals surface area contributed by atoms with E-state index in [9.17, 15) is 9.59 Å². The lowest BCUT2D eigenvalue weighted by Crippen LogP contribution is -2.13. The summed E-state index contributed by atoms with van der Waals surface area (Å²) in [5.74, 6) is 0.564. The number of aliphatic carboxylic acids is 1. The third-order valence-corrected chi connectivity index (χ3v) is 6.55. The summed E-state index contributed by atoms with van der Waals surface area (Å²) in [5.41, 5.74) is 4.26. The molecule has 3 heteroatoms. The van der Waals surface area contributed by atoms with Gasteiger partial charge in [-0.05, 0) is 54.2 Å². The summed E-state index contributed by atoms with van der Waals surface area (Å²) >= 11 is 0. The molecule has 2 aromatic carbocycles. The Hall–Kier alpha value is -2.42. The maximum absolute atomic E-state index is 12.0. The first kappa shape index (κ1) is 22.3. The topological polar surface area (TPSA) is 54.4 Å². The molecule has 0 aromatic heterocycles. The van der Waals surface area contributed by atoms with Gasteiger partial charge < -0.3 is 5.11 Å². The van der Waals surface area contributed by atoms with Gasteiger partial charge in [-0.15, -0.1) is 0 Å². The third-order valence-electron chi connectivity index (χ3n) is 6.55. The molecule has 1 saturated carbocycles. The number of carbonyl (C=O) groups is 2. The van der Waals surface area contributed by atoms with Crippen LogP contribution in [0.5, 0.6) is 0 Å². The lowest BCUT2D eigenvalue weighted by molar-refractivity contribution is -0.136. The molecule has 0 saturated heterocycles. The molecular formula is C27H34O3. The van der Waals surface area contributed by atoms with E-state index in [1.807, 2.05) is 12.1 Å².